The van der Waals surface area contributed by atoms with Crippen LogP contribution in [0.4, 0.5) is 10.1 Å². The lowest BCUT2D eigenvalue weighted by Crippen LogP contribution is -2.28. The van der Waals surface area contributed by atoms with Gasteiger partial charge in [0.15, 0.2) is 5.82 Å². The van der Waals surface area contributed by atoms with Crippen LogP contribution in [-0.4, -0.2) is 27.2 Å². The van der Waals surface area contributed by atoms with Crippen molar-refractivity contribution in [2.24, 2.45) is 7.05 Å². The fraction of sp³-hybridized carbons (Fsp3) is 0.250. The molecule has 2 N–H and O–H groups in total. The molecule has 0 aliphatic carbocycles. The molecular weight excluding hydrogens is 249 g/mol. The molecule has 0 saturated carbocycles. The molecule has 19 heavy (non-hydrogen) atoms. The molecule has 2 aromatic rings. The topological polar surface area (TPSA) is 71.8 Å². The van der Waals surface area contributed by atoms with E-state index in [1.807, 2.05) is 0 Å². The number of aryl methyl sites for hydroxylation is 1. The second-order valence-electron chi connectivity index (χ2n) is 3.99. The van der Waals surface area contributed by atoms with Crippen molar-refractivity contribution in [2.75, 3.05) is 11.9 Å². The molecule has 100 valence electrons. The third-order valence-electron chi connectivity index (χ3n) is 2.34. The van der Waals surface area contributed by atoms with E-state index in [4.69, 9.17) is 0 Å². The molecule has 0 spiro atoms. The zero-order valence-electron chi connectivity index (χ0n) is 10.4. The van der Waals surface area contributed by atoms with E-state index < -0.39 is 0 Å². The molecule has 0 saturated heterocycles. The monoisotopic (exact) mass is 263 g/mol. The average molecular weight is 263 g/mol. The Balaban J connectivity index is 1.74. The number of anilines is 1. The van der Waals surface area contributed by atoms with Crippen LogP contribution in [0.5, 0.6) is 0 Å². The van der Waals surface area contributed by atoms with E-state index >= 15 is 0 Å². The van der Waals surface area contributed by atoms with Gasteiger partial charge in [-0.05, 0) is 24.3 Å². The van der Waals surface area contributed by atoms with E-state index in [2.05, 4.69) is 20.7 Å². The van der Waals surface area contributed by atoms with Crippen LogP contribution in [-0.2, 0) is 18.4 Å². The maximum absolute atomic E-state index is 12.7. The van der Waals surface area contributed by atoms with Gasteiger partial charge in [0.2, 0.25) is 5.91 Å². The van der Waals surface area contributed by atoms with Gasteiger partial charge in [-0.3, -0.25) is 9.48 Å². The number of halogens is 1. The van der Waals surface area contributed by atoms with Gasteiger partial charge in [0.1, 0.15) is 12.1 Å². The summed E-state index contributed by atoms with van der Waals surface area (Å²) in [5.41, 5.74) is 0.559. The highest BCUT2D eigenvalue weighted by molar-refractivity contribution is 5.92. The third-order valence-corrected chi connectivity index (χ3v) is 2.34. The number of carbonyl (C=O) groups excluding carboxylic acids is 1. The first-order chi connectivity index (χ1) is 9.13. The summed E-state index contributed by atoms with van der Waals surface area (Å²) in [6, 6.07) is 5.60. The van der Waals surface area contributed by atoms with Crippen molar-refractivity contribution in [3.8, 4) is 0 Å². The fourth-order valence-electron chi connectivity index (χ4n) is 1.49. The predicted molar refractivity (Wildman–Crippen MR) is 67.7 cm³/mol. The van der Waals surface area contributed by atoms with E-state index in [0.29, 0.717) is 18.1 Å². The van der Waals surface area contributed by atoms with E-state index in [-0.39, 0.29) is 18.3 Å². The highest BCUT2D eigenvalue weighted by Crippen LogP contribution is 2.07. The Kier molecular flexibility index (Phi) is 4.19. The number of amides is 1. The highest BCUT2D eigenvalue weighted by atomic mass is 19.1. The summed E-state index contributed by atoms with van der Waals surface area (Å²) in [5.74, 6) is 0.0805. The molecule has 1 aromatic carbocycles. The third kappa shape index (κ3) is 4.14. The molecule has 7 heteroatoms. The Morgan fingerprint density at radius 1 is 1.37 bits per heavy atom. The van der Waals surface area contributed by atoms with Crippen molar-refractivity contribution >= 4 is 11.6 Å². The number of hydrogen-bond acceptors (Lipinski definition) is 4. The summed E-state index contributed by atoms with van der Waals surface area (Å²) in [4.78, 5) is 15.6. The van der Waals surface area contributed by atoms with Crippen molar-refractivity contribution in [3.05, 3.63) is 42.2 Å². The minimum absolute atomic E-state index is 0.135. The number of carbonyl (C=O) groups is 1. The number of benzene rings is 1. The van der Waals surface area contributed by atoms with Gasteiger partial charge in [0, 0.05) is 12.7 Å². The van der Waals surface area contributed by atoms with E-state index in [1.54, 1.807) is 18.1 Å². The van der Waals surface area contributed by atoms with Gasteiger partial charge in [0.25, 0.3) is 0 Å². The van der Waals surface area contributed by atoms with Crippen molar-refractivity contribution in [3.63, 3.8) is 0 Å². The van der Waals surface area contributed by atoms with Crippen molar-refractivity contribution in [1.82, 2.24) is 20.1 Å². The van der Waals surface area contributed by atoms with Crippen molar-refractivity contribution < 1.29 is 9.18 Å². The van der Waals surface area contributed by atoms with Crippen LogP contribution in [0.3, 0.4) is 0 Å². The molecule has 0 radical (unpaired) electrons. The first-order valence-electron chi connectivity index (χ1n) is 5.74. The maximum Gasteiger partial charge on any atom is 0.238 e. The second kappa shape index (κ2) is 6.05. The fourth-order valence-corrected chi connectivity index (χ4v) is 1.49. The minimum Gasteiger partial charge on any atom is -0.325 e. The van der Waals surface area contributed by atoms with Crippen LogP contribution in [0.25, 0.3) is 0 Å². The van der Waals surface area contributed by atoms with Crippen LogP contribution < -0.4 is 10.6 Å². The Bertz CT molecular complexity index is 552. The molecule has 1 aromatic heterocycles. The molecule has 1 amide bonds. The number of hydrogen-bond donors (Lipinski definition) is 2. The summed E-state index contributed by atoms with van der Waals surface area (Å²) in [7, 11) is 1.78. The molecule has 0 unspecified atom stereocenters. The van der Waals surface area contributed by atoms with Crippen LogP contribution in [0, 0.1) is 5.82 Å². The predicted octanol–water partition coefficient (Wildman–Crippen LogP) is 0.682. The van der Waals surface area contributed by atoms with Crippen LogP contribution in [0.2, 0.25) is 0 Å². The van der Waals surface area contributed by atoms with Crippen molar-refractivity contribution in [2.45, 2.75) is 6.54 Å². The number of aromatic nitrogens is 3. The lowest BCUT2D eigenvalue weighted by molar-refractivity contribution is -0.115. The average Bonchev–Trinajstić information content (AvgIpc) is 2.78. The van der Waals surface area contributed by atoms with Gasteiger partial charge in [-0.25, -0.2) is 9.37 Å². The largest absolute Gasteiger partial charge is 0.325 e. The molecular formula is C12H14FN5O. The molecule has 1 heterocycles. The molecule has 0 aliphatic rings. The smallest absolute Gasteiger partial charge is 0.238 e. The second-order valence-corrected chi connectivity index (χ2v) is 3.99. The van der Waals surface area contributed by atoms with Gasteiger partial charge in [-0.1, -0.05) is 0 Å². The maximum atomic E-state index is 12.7. The standard InChI is InChI=1S/C12H14FN5O/c1-18-8-15-11(17-18)6-14-7-12(19)16-10-4-2-9(13)3-5-10/h2-5,8,14H,6-7H2,1H3,(H,16,19). The molecule has 0 bridgehead atoms. The van der Waals surface area contributed by atoms with Gasteiger partial charge >= 0.3 is 0 Å². The van der Waals surface area contributed by atoms with Crippen LogP contribution >= 0.6 is 0 Å². The molecule has 0 aliphatic heterocycles. The SMILES string of the molecule is Cn1cnc(CNCC(=O)Nc2ccc(F)cc2)n1. The quantitative estimate of drug-likeness (QED) is 0.832. The van der Waals surface area contributed by atoms with E-state index in [0.717, 1.165) is 0 Å². The number of rotatable bonds is 5. The van der Waals surface area contributed by atoms with Gasteiger partial charge < -0.3 is 10.6 Å². The van der Waals surface area contributed by atoms with Crippen LogP contribution in [0.1, 0.15) is 5.82 Å². The normalized spacial score (nSPS) is 10.4. The highest BCUT2D eigenvalue weighted by Gasteiger charge is 2.03. The minimum atomic E-state index is -0.336. The summed E-state index contributed by atoms with van der Waals surface area (Å²) in [6.07, 6.45) is 1.59. The lowest BCUT2D eigenvalue weighted by Gasteiger charge is -2.05. The van der Waals surface area contributed by atoms with Gasteiger partial charge in [-0.2, -0.15) is 5.10 Å². The summed E-state index contributed by atoms with van der Waals surface area (Å²) in [5, 5.41) is 9.64. The Hall–Kier alpha value is -2.28. The molecule has 0 fully saturated rings. The van der Waals surface area contributed by atoms with Crippen LogP contribution in [0.15, 0.2) is 30.6 Å². The summed E-state index contributed by atoms with van der Waals surface area (Å²) in [6.45, 7) is 0.549. The first-order valence-corrected chi connectivity index (χ1v) is 5.74. The van der Waals surface area contributed by atoms with E-state index in [9.17, 15) is 9.18 Å². The molecule has 2 rings (SSSR count). The lowest BCUT2D eigenvalue weighted by atomic mass is 10.3. The molecule has 6 nitrogen and oxygen atoms in total. The zero-order valence-corrected chi connectivity index (χ0v) is 10.4. The number of nitrogens with zero attached hydrogens (tertiary/aromatic N) is 3. The Labute approximate surface area is 109 Å². The zero-order chi connectivity index (χ0) is 13.7. The molecule has 0 atom stereocenters. The Morgan fingerprint density at radius 3 is 2.74 bits per heavy atom. The summed E-state index contributed by atoms with van der Waals surface area (Å²) < 4.78 is 14.3. The number of nitrogens with one attached hydrogen (secondary N) is 2. The summed E-state index contributed by atoms with van der Waals surface area (Å²) >= 11 is 0. The van der Waals surface area contributed by atoms with Crippen molar-refractivity contribution in [1.29, 1.82) is 0 Å². The first kappa shape index (κ1) is 13.2. The van der Waals surface area contributed by atoms with E-state index in [1.165, 1.54) is 24.3 Å². The van der Waals surface area contributed by atoms with Gasteiger partial charge in [-0.15, -0.1) is 0 Å². The van der Waals surface area contributed by atoms with Gasteiger partial charge in [0.05, 0.1) is 13.1 Å². The Morgan fingerprint density at radius 2 is 2.11 bits per heavy atom.